The minimum atomic E-state index is 0.0474. The van der Waals surface area contributed by atoms with Gasteiger partial charge < -0.3 is 0 Å². The summed E-state index contributed by atoms with van der Waals surface area (Å²) in [5, 5.41) is 0. The Bertz CT molecular complexity index is 964. The lowest BCUT2D eigenvalue weighted by Crippen LogP contribution is -2.30. The molecule has 0 unspecified atom stereocenters. The van der Waals surface area contributed by atoms with E-state index in [1.165, 1.54) is 44.6 Å². The number of nitrogens with zero attached hydrogens (tertiary/aromatic N) is 1. The molecule has 1 aromatic heterocycles. The Morgan fingerprint density at radius 3 is 2.33 bits per heavy atom. The van der Waals surface area contributed by atoms with Crippen molar-refractivity contribution in [3.05, 3.63) is 77.0 Å². The van der Waals surface area contributed by atoms with Crippen molar-refractivity contribution in [1.82, 2.24) is 0 Å². The Morgan fingerprint density at radius 2 is 1.58 bits per heavy atom. The standard InChI is InChI=1S/C23H24N/c1-15-14-18-17-10-6-7-11-19(17)23(3,4)22(18)16(2)21(15)20-12-8-9-13-24(20)5/h6-14H,1-5H3/q+1. The lowest BCUT2D eigenvalue weighted by molar-refractivity contribution is -0.660. The lowest BCUT2D eigenvalue weighted by Gasteiger charge is -2.25. The molecule has 0 fully saturated rings. The van der Waals surface area contributed by atoms with Crippen LogP contribution in [0, 0.1) is 13.8 Å². The number of rotatable bonds is 1. The van der Waals surface area contributed by atoms with E-state index in [-0.39, 0.29) is 5.41 Å². The first kappa shape index (κ1) is 15.1. The largest absolute Gasteiger partial charge is 0.212 e. The second-order valence-corrected chi connectivity index (χ2v) is 7.48. The van der Waals surface area contributed by atoms with E-state index in [0.717, 1.165) is 0 Å². The highest BCUT2D eigenvalue weighted by Gasteiger charge is 2.38. The normalized spacial score (nSPS) is 14.4. The van der Waals surface area contributed by atoms with E-state index in [4.69, 9.17) is 0 Å². The third-order valence-corrected chi connectivity index (χ3v) is 5.60. The predicted molar refractivity (Wildman–Crippen MR) is 100 cm³/mol. The van der Waals surface area contributed by atoms with E-state index in [1.807, 2.05) is 0 Å². The first-order chi connectivity index (χ1) is 11.4. The first-order valence-electron chi connectivity index (χ1n) is 8.62. The molecule has 1 aliphatic rings. The van der Waals surface area contributed by atoms with Crippen molar-refractivity contribution >= 4 is 0 Å². The number of aromatic nitrogens is 1. The maximum absolute atomic E-state index is 2.39. The molecule has 1 nitrogen and oxygen atoms in total. The molecule has 0 amide bonds. The van der Waals surface area contributed by atoms with Crippen LogP contribution in [0.4, 0.5) is 0 Å². The molecule has 0 spiro atoms. The van der Waals surface area contributed by atoms with Crippen LogP contribution in [0.15, 0.2) is 54.7 Å². The number of pyridine rings is 1. The Labute approximate surface area is 144 Å². The fraction of sp³-hybridized carbons (Fsp3) is 0.261. The third-order valence-electron chi connectivity index (χ3n) is 5.60. The summed E-state index contributed by atoms with van der Waals surface area (Å²) in [5.41, 5.74) is 11.2. The van der Waals surface area contributed by atoms with Crippen molar-refractivity contribution in [2.75, 3.05) is 0 Å². The Balaban J connectivity index is 2.08. The summed E-state index contributed by atoms with van der Waals surface area (Å²) in [6.07, 6.45) is 2.13. The van der Waals surface area contributed by atoms with E-state index < -0.39 is 0 Å². The minimum Gasteiger partial charge on any atom is -0.201 e. The smallest absolute Gasteiger partial charge is 0.201 e. The average Bonchev–Trinajstić information content (AvgIpc) is 2.77. The number of hydrogen-bond acceptors (Lipinski definition) is 0. The van der Waals surface area contributed by atoms with Gasteiger partial charge in [0.15, 0.2) is 6.20 Å². The third kappa shape index (κ3) is 1.91. The van der Waals surface area contributed by atoms with Gasteiger partial charge in [0.25, 0.3) is 0 Å². The SMILES string of the molecule is Cc1cc2c(c(C)c1-c1cccc[n+]1C)C(C)(C)c1ccccc1-2. The minimum absolute atomic E-state index is 0.0474. The summed E-state index contributed by atoms with van der Waals surface area (Å²) in [7, 11) is 2.13. The zero-order valence-corrected chi connectivity index (χ0v) is 15.1. The molecule has 0 bridgehead atoms. The summed E-state index contributed by atoms with van der Waals surface area (Å²) in [6.45, 7) is 9.24. The van der Waals surface area contributed by atoms with Crippen LogP contribution in [0.1, 0.15) is 36.1 Å². The molecule has 24 heavy (non-hydrogen) atoms. The van der Waals surface area contributed by atoms with Gasteiger partial charge in [-0.1, -0.05) is 44.2 Å². The summed E-state index contributed by atoms with van der Waals surface area (Å²) in [5.74, 6) is 0. The van der Waals surface area contributed by atoms with Crippen molar-refractivity contribution in [3.8, 4) is 22.4 Å². The molecule has 120 valence electrons. The van der Waals surface area contributed by atoms with Gasteiger partial charge in [-0.2, -0.15) is 0 Å². The molecule has 0 atom stereocenters. The van der Waals surface area contributed by atoms with Crippen molar-refractivity contribution in [2.45, 2.75) is 33.1 Å². The molecule has 1 aliphatic carbocycles. The molecular weight excluding hydrogens is 290 g/mol. The molecule has 0 N–H and O–H groups in total. The quantitative estimate of drug-likeness (QED) is 0.550. The van der Waals surface area contributed by atoms with E-state index in [9.17, 15) is 0 Å². The van der Waals surface area contributed by atoms with E-state index in [2.05, 4.69) is 94.0 Å². The average molecular weight is 314 g/mol. The van der Waals surface area contributed by atoms with Crippen LogP contribution in [-0.4, -0.2) is 0 Å². The van der Waals surface area contributed by atoms with Gasteiger partial charge in [-0.05, 0) is 53.3 Å². The van der Waals surface area contributed by atoms with Crippen LogP contribution in [0.25, 0.3) is 22.4 Å². The topological polar surface area (TPSA) is 3.88 Å². The van der Waals surface area contributed by atoms with Crippen molar-refractivity contribution < 1.29 is 4.57 Å². The Kier molecular flexibility index (Phi) is 3.18. The van der Waals surface area contributed by atoms with Crippen LogP contribution in [0.3, 0.4) is 0 Å². The van der Waals surface area contributed by atoms with Crippen LogP contribution < -0.4 is 4.57 Å². The highest BCUT2D eigenvalue weighted by atomic mass is 14.9. The maximum Gasteiger partial charge on any atom is 0.212 e. The van der Waals surface area contributed by atoms with Gasteiger partial charge in [-0.3, -0.25) is 0 Å². The Hall–Kier alpha value is -2.41. The second-order valence-electron chi connectivity index (χ2n) is 7.48. The van der Waals surface area contributed by atoms with Crippen LogP contribution in [0.2, 0.25) is 0 Å². The zero-order valence-electron chi connectivity index (χ0n) is 15.1. The van der Waals surface area contributed by atoms with Crippen LogP contribution in [0.5, 0.6) is 0 Å². The van der Waals surface area contributed by atoms with Gasteiger partial charge in [-0.25, -0.2) is 4.57 Å². The molecule has 4 rings (SSSR count). The fourth-order valence-electron chi connectivity index (χ4n) is 4.58. The maximum atomic E-state index is 2.39. The van der Waals surface area contributed by atoms with Gasteiger partial charge in [0.1, 0.15) is 7.05 Å². The molecule has 0 radical (unpaired) electrons. The van der Waals surface area contributed by atoms with Gasteiger partial charge in [0, 0.05) is 17.5 Å². The monoisotopic (exact) mass is 314 g/mol. The van der Waals surface area contributed by atoms with Gasteiger partial charge in [0.05, 0.1) is 5.56 Å². The summed E-state index contributed by atoms with van der Waals surface area (Å²) >= 11 is 0. The van der Waals surface area contributed by atoms with Crippen LogP contribution in [-0.2, 0) is 12.5 Å². The first-order valence-corrected chi connectivity index (χ1v) is 8.62. The van der Waals surface area contributed by atoms with E-state index in [0.29, 0.717) is 0 Å². The van der Waals surface area contributed by atoms with Crippen molar-refractivity contribution in [3.63, 3.8) is 0 Å². The molecule has 0 saturated carbocycles. The summed E-state index contributed by atoms with van der Waals surface area (Å²) in [6, 6.07) is 17.7. The molecule has 2 aromatic carbocycles. The summed E-state index contributed by atoms with van der Waals surface area (Å²) in [4.78, 5) is 0. The molecular formula is C23H24N+. The van der Waals surface area contributed by atoms with Gasteiger partial charge >= 0.3 is 0 Å². The molecule has 1 heteroatoms. The highest BCUT2D eigenvalue weighted by Crippen LogP contribution is 2.51. The molecule has 1 heterocycles. The van der Waals surface area contributed by atoms with Gasteiger partial charge in [0.2, 0.25) is 5.69 Å². The van der Waals surface area contributed by atoms with Crippen molar-refractivity contribution in [1.29, 1.82) is 0 Å². The fourth-order valence-corrected chi connectivity index (χ4v) is 4.58. The number of hydrogen-bond donors (Lipinski definition) is 0. The van der Waals surface area contributed by atoms with Crippen LogP contribution >= 0.6 is 0 Å². The summed E-state index contributed by atoms with van der Waals surface area (Å²) < 4.78 is 2.22. The molecule has 3 aromatic rings. The number of fused-ring (bicyclic) bond motifs is 3. The highest BCUT2D eigenvalue weighted by molar-refractivity contribution is 5.86. The van der Waals surface area contributed by atoms with Gasteiger partial charge in [-0.15, -0.1) is 0 Å². The molecule has 0 aliphatic heterocycles. The van der Waals surface area contributed by atoms with E-state index >= 15 is 0 Å². The van der Waals surface area contributed by atoms with Crippen molar-refractivity contribution in [2.24, 2.45) is 7.05 Å². The zero-order chi connectivity index (χ0) is 17.1. The number of aryl methyl sites for hydroxylation is 2. The lowest BCUT2D eigenvalue weighted by atomic mass is 9.78. The second kappa shape index (κ2) is 5.04. The Morgan fingerprint density at radius 1 is 0.875 bits per heavy atom. The molecule has 0 saturated heterocycles. The predicted octanol–water partition coefficient (Wildman–Crippen LogP) is 5.10. The van der Waals surface area contributed by atoms with E-state index in [1.54, 1.807) is 0 Å². The number of benzene rings is 2.